The number of amides is 1. The fraction of sp³-hybridized carbons (Fsp3) is 0.182. The first kappa shape index (κ1) is 25.8. The number of guanidine groups is 1. The number of carbonyl (C=O) groups is 1. The average Bonchev–Trinajstić information content (AvgIpc) is 2.80. The van der Waals surface area contributed by atoms with Crippen molar-refractivity contribution in [3.8, 4) is 5.75 Å². The van der Waals surface area contributed by atoms with Gasteiger partial charge in [0, 0.05) is 37.3 Å². The van der Waals surface area contributed by atoms with E-state index in [1.54, 1.807) is 30.6 Å². The van der Waals surface area contributed by atoms with E-state index in [2.05, 4.69) is 25.0 Å². The Balaban J connectivity index is 1.91. The lowest BCUT2D eigenvalue weighted by molar-refractivity contribution is -0.274. The van der Waals surface area contributed by atoms with Crippen molar-refractivity contribution in [3.05, 3.63) is 78.2 Å². The van der Waals surface area contributed by atoms with Crippen LogP contribution in [0.15, 0.2) is 77.1 Å². The normalized spacial score (nSPS) is 12.9. The van der Waals surface area contributed by atoms with E-state index in [0.29, 0.717) is 5.56 Å². The number of aliphatic imine (C=N–C) groups is 1. The van der Waals surface area contributed by atoms with E-state index < -0.39 is 22.9 Å². The molecule has 0 spiro atoms. The van der Waals surface area contributed by atoms with Crippen LogP contribution in [0.2, 0.25) is 0 Å². The standard InChI is InChI=1S/C22H21F3N6O3S/c23-22(24,25)34-16-5-3-15(4-6-16)30-18(33)17-2-1-10-29-19(17)35-21(9-13-32,31-20(26)27)14-7-11-28-12-8-14/h1-8,10-12,32H,9,13H2,(H,30,33)(H4,26,27,31). The summed E-state index contributed by atoms with van der Waals surface area (Å²) >= 11 is 1.06. The van der Waals surface area contributed by atoms with Crippen molar-refractivity contribution in [1.29, 1.82) is 0 Å². The molecule has 9 nitrogen and oxygen atoms in total. The summed E-state index contributed by atoms with van der Waals surface area (Å²) in [5, 5.41) is 12.6. The maximum absolute atomic E-state index is 13.0. The van der Waals surface area contributed by atoms with Gasteiger partial charge in [0.1, 0.15) is 15.6 Å². The van der Waals surface area contributed by atoms with E-state index in [-0.39, 0.29) is 35.3 Å². The highest BCUT2D eigenvalue weighted by atomic mass is 32.2. The highest BCUT2D eigenvalue weighted by Gasteiger charge is 2.35. The average molecular weight is 507 g/mol. The number of aliphatic hydroxyl groups excluding tert-OH is 1. The molecule has 1 amide bonds. The van der Waals surface area contributed by atoms with Crippen LogP contribution in [0.25, 0.3) is 0 Å². The molecule has 0 saturated carbocycles. The first-order chi connectivity index (χ1) is 16.6. The number of halogens is 3. The van der Waals surface area contributed by atoms with Gasteiger partial charge in [-0.1, -0.05) is 11.8 Å². The number of aliphatic hydroxyl groups is 1. The van der Waals surface area contributed by atoms with Crippen molar-refractivity contribution in [3.63, 3.8) is 0 Å². The summed E-state index contributed by atoms with van der Waals surface area (Å²) in [6.45, 7) is -0.271. The molecule has 0 aliphatic heterocycles. The maximum atomic E-state index is 13.0. The van der Waals surface area contributed by atoms with Gasteiger partial charge in [-0.3, -0.25) is 9.78 Å². The number of benzene rings is 1. The first-order valence-corrected chi connectivity index (χ1v) is 10.9. The maximum Gasteiger partial charge on any atom is 0.573 e. The van der Waals surface area contributed by atoms with Gasteiger partial charge in [-0.25, -0.2) is 9.98 Å². The summed E-state index contributed by atoms with van der Waals surface area (Å²) in [6.07, 6.45) is -0.158. The van der Waals surface area contributed by atoms with E-state index >= 15 is 0 Å². The van der Waals surface area contributed by atoms with Crippen molar-refractivity contribution < 1.29 is 27.8 Å². The molecule has 2 aromatic heterocycles. The van der Waals surface area contributed by atoms with Crippen LogP contribution in [0.4, 0.5) is 18.9 Å². The number of nitrogens with one attached hydrogen (secondary N) is 1. The minimum absolute atomic E-state index is 0.0951. The van der Waals surface area contributed by atoms with Gasteiger partial charge in [0.2, 0.25) is 0 Å². The zero-order valence-electron chi connectivity index (χ0n) is 18.1. The van der Waals surface area contributed by atoms with Crippen LogP contribution in [0.1, 0.15) is 22.3 Å². The molecule has 13 heteroatoms. The van der Waals surface area contributed by atoms with Crippen molar-refractivity contribution in [2.24, 2.45) is 16.5 Å². The molecule has 0 saturated heterocycles. The highest BCUT2D eigenvalue weighted by molar-refractivity contribution is 8.00. The number of carbonyl (C=O) groups excluding carboxylic acids is 1. The van der Waals surface area contributed by atoms with E-state index in [4.69, 9.17) is 11.5 Å². The topological polar surface area (TPSA) is 149 Å². The summed E-state index contributed by atoms with van der Waals surface area (Å²) in [7, 11) is 0. The van der Waals surface area contributed by atoms with Gasteiger partial charge in [-0.05, 0) is 54.1 Å². The predicted octanol–water partition coefficient (Wildman–Crippen LogP) is 3.23. The van der Waals surface area contributed by atoms with E-state index in [9.17, 15) is 23.1 Å². The molecular formula is C22H21F3N6O3S. The number of rotatable bonds is 9. The number of thioether (sulfide) groups is 1. The Morgan fingerprint density at radius 2 is 1.77 bits per heavy atom. The Bertz CT molecular complexity index is 1180. The van der Waals surface area contributed by atoms with Crippen LogP contribution in [0, 0.1) is 0 Å². The van der Waals surface area contributed by atoms with Crippen LogP contribution in [-0.4, -0.2) is 39.9 Å². The lowest BCUT2D eigenvalue weighted by Crippen LogP contribution is -2.31. The molecule has 184 valence electrons. The number of aromatic nitrogens is 2. The van der Waals surface area contributed by atoms with E-state index in [1.807, 2.05) is 0 Å². The Labute approximate surface area is 202 Å². The van der Waals surface area contributed by atoms with Crippen molar-refractivity contribution >= 4 is 29.3 Å². The fourth-order valence-electron chi connectivity index (χ4n) is 3.11. The number of hydrogen-bond acceptors (Lipinski definition) is 7. The molecule has 0 fully saturated rings. The monoisotopic (exact) mass is 506 g/mol. The molecule has 1 unspecified atom stereocenters. The molecule has 0 bridgehead atoms. The van der Waals surface area contributed by atoms with E-state index in [1.165, 1.54) is 24.4 Å². The summed E-state index contributed by atoms with van der Waals surface area (Å²) in [6, 6.07) is 11.2. The Morgan fingerprint density at radius 3 is 2.37 bits per heavy atom. The van der Waals surface area contributed by atoms with E-state index in [0.717, 1.165) is 23.9 Å². The predicted molar refractivity (Wildman–Crippen MR) is 125 cm³/mol. The van der Waals surface area contributed by atoms with Gasteiger partial charge in [-0.2, -0.15) is 0 Å². The third-order valence-corrected chi connectivity index (χ3v) is 5.91. The van der Waals surface area contributed by atoms with Crippen LogP contribution in [0.5, 0.6) is 5.75 Å². The highest BCUT2D eigenvalue weighted by Crippen LogP contribution is 2.45. The quantitative estimate of drug-likeness (QED) is 0.196. The molecule has 3 aromatic rings. The Morgan fingerprint density at radius 1 is 1.09 bits per heavy atom. The number of ether oxygens (including phenoxy) is 1. The van der Waals surface area contributed by atoms with Crippen molar-refractivity contribution in [1.82, 2.24) is 9.97 Å². The van der Waals surface area contributed by atoms with Gasteiger partial charge >= 0.3 is 6.36 Å². The smallest absolute Gasteiger partial charge is 0.406 e. The lowest BCUT2D eigenvalue weighted by Gasteiger charge is -2.29. The minimum atomic E-state index is -4.82. The number of pyridine rings is 2. The van der Waals surface area contributed by atoms with Gasteiger partial charge < -0.3 is 26.6 Å². The zero-order chi connectivity index (χ0) is 25.5. The number of hydrogen-bond donors (Lipinski definition) is 4. The SMILES string of the molecule is NC(N)=NC(CCO)(Sc1ncccc1C(=O)Nc1ccc(OC(F)(F)F)cc1)c1ccncc1. The molecule has 1 atom stereocenters. The van der Waals surface area contributed by atoms with Gasteiger partial charge in [-0.15, -0.1) is 13.2 Å². The molecule has 0 aliphatic rings. The summed E-state index contributed by atoms with van der Waals surface area (Å²) in [5.41, 5.74) is 12.4. The first-order valence-electron chi connectivity index (χ1n) is 10.1. The van der Waals surface area contributed by atoms with Crippen molar-refractivity contribution in [2.45, 2.75) is 22.7 Å². The van der Waals surface area contributed by atoms with Crippen LogP contribution in [0.3, 0.4) is 0 Å². The Kier molecular flexibility index (Phi) is 8.14. The number of anilines is 1. The van der Waals surface area contributed by atoms with Gasteiger partial charge in [0.05, 0.1) is 5.56 Å². The molecule has 2 heterocycles. The second kappa shape index (κ2) is 11.1. The molecule has 6 N–H and O–H groups in total. The Hall–Kier alpha value is -3.84. The fourth-order valence-corrected chi connectivity index (χ4v) is 4.42. The molecule has 1 aromatic carbocycles. The van der Waals surface area contributed by atoms with Gasteiger partial charge in [0.15, 0.2) is 5.96 Å². The van der Waals surface area contributed by atoms with Gasteiger partial charge in [0.25, 0.3) is 5.91 Å². The third kappa shape index (κ3) is 7.07. The minimum Gasteiger partial charge on any atom is -0.406 e. The molecule has 3 rings (SSSR count). The largest absolute Gasteiger partial charge is 0.573 e. The van der Waals surface area contributed by atoms with Crippen LogP contribution < -0.4 is 21.5 Å². The summed E-state index contributed by atoms with van der Waals surface area (Å²) in [4.78, 5) is 24.5. The molecule has 0 radical (unpaired) electrons. The summed E-state index contributed by atoms with van der Waals surface area (Å²) in [5.74, 6) is -1.22. The number of alkyl halides is 3. The number of nitrogens with two attached hydrogens (primary N) is 2. The molecule has 0 aliphatic carbocycles. The second-order valence-corrected chi connectivity index (χ2v) is 8.28. The van der Waals surface area contributed by atoms with Crippen LogP contribution in [-0.2, 0) is 4.87 Å². The van der Waals surface area contributed by atoms with Crippen LogP contribution >= 0.6 is 11.8 Å². The van der Waals surface area contributed by atoms with Crippen molar-refractivity contribution in [2.75, 3.05) is 11.9 Å². The summed E-state index contributed by atoms with van der Waals surface area (Å²) < 4.78 is 40.9. The lowest BCUT2D eigenvalue weighted by atomic mass is 10.1. The third-order valence-electron chi connectivity index (χ3n) is 4.52. The molecular weight excluding hydrogens is 485 g/mol. The second-order valence-electron chi connectivity index (χ2n) is 7.02. The zero-order valence-corrected chi connectivity index (χ0v) is 18.9. The molecule has 35 heavy (non-hydrogen) atoms. The number of nitrogens with zero attached hydrogens (tertiary/aromatic N) is 3.